The van der Waals surface area contributed by atoms with E-state index in [1.165, 1.54) is 18.2 Å². The summed E-state index contributed by atoms with van der Waals surface area (Å²) >= 11 is 7.57. The first-order valence-electron chi connectivity index (χ1n) is 7.17. The molecule has 1 saturated carbocycles. The number of fused-ring (bicyclic) bond motifs is 1. The highest BCUT2D eigenvalue weighted by molar-refractivity contribution is 7.98. The summed E-state index contributed by atoms with van der Waals surface area (Å²) in [5.74, 6) is 1.25. The van der Waals surface area contributed by atoms with Gasteiger partial charge in [-0.1, -0.05) is 36.2 Å². The first kappa shape index (κ1) is 14.4. The second-order valence-corrected chi connectivity index (χ2v) is 6.94. The predicted molar refractivity (Wildman–Crippen MR) is 82.6 cm³/mol. The molecule has 20 heavy (non-hydrogen) atoms. The molecule has 2 fully saturated rings. The zero-order chi connectivity index (χ0) is 14.2. The van der Waals surface area contributed by atoms with Crippen molar-refractivity contribution in [3.63, 3.8) is 0 Å². The molecule has 6 heteroatoms. The van der Waals surface area contributed by atoms with Crippen LogP contribution in [0.25, 0.3) is 0 Å². The van der Waals surface area contributed by atoms with Gasteiger partial charge in [0.25, 0.3) is 0 Å². The Balaban J connectivity index is 1.80. The molecule has 4 nitrogen and oxygen atoms in total. The van der Waals surface area contributed by atoms with E-state index in [4.69, 9.17) is 11.6 Å². The molecule has 0 bridgehead atoms. The lowest BCUT2D eigenvalue weighted by Crippen LogP contribution is -2.53. The molecule has 2 atom stereocenters. The number of anilines is 1. The van der Waals surface area contributed by atoms with Gasteiger partial charge in [-0.05, 0) is 25.5 Å². The lowest BCUT2D eigenvalue weighted by molar-refractivity contribution is -0.0613. The zero-order valence-electron chi connectivity index (χ0n) is 11.7. The van der Waals surface area contributed by atoms with Crippen LogP contribution in [0.3, 0.4) is 0 Å². The van der Waals surface area contributed by atoms with Crippen molar-refractivity contribution in [1.29, 1.82) is 0 Å². The van der Waals surface area contributed by atoms with E-state index < -0.39 is 5.60 Å². The maximum atomic E-state index is 10.7. The van der Waals surface area contributed by atoms with Gasteiger partial charge in [0.05, 0.1) is 5.60 Å². The van der Waals surface area contributed by atoms with Crippen LogP contribution < -0.4 is 4.90 Å². The number of hydrogen-bond acceptors (Lipinski definition) is 5. The van der Waals surface area contributed by atoms with E-state index in [0.29, 0.717) is 16.2 Å². The van der Waals surface area contributed by atoms with Crippen LogP contribution in [0.4, 0.5) is 5.82 Å². The van der Waals surface area contributed by atoms with E-state index in [1.54, 1.807) is 0 Å². The van der Waals surface area contributed by atoms with Crippen molar-refractivity contribution in [2.75, 3.05) is 24.2 Å². The SMILES string of the molecule is CSc1nc(Cl)cc(N2CCC3(O)CCCCC3C2)n1. The summed E-state index contributed by atoms with van der Waals surface area (Å²) in [7, 11) is 0. The Bertz CT molecular complexity index is 501. The molecule has 1 aliphatic carbocycles. The lowest BCUT2D eigenvalue weighted by atomic mass is 9.71. The Morgan fingerprint density at radius 1 is 1.40 bits per heavy atom. The van der Waals surface area contributed by atoms with Gasteiger partial charge in [0.1, 0.15) is 11.0 Å². The minimum absolute atomic E-state index is 0.358. The van der Waals surface area contributed by atoms with Crippen LogP contribution in [-0.2, 0) is 0 Å². The summed E-state index contributed by atoms with van der Waals surface area (Å²) in [6, 6.07) is 1.83. The van der Waals surface area contributed by atoms with E-state index in [0.717, 1.165) is 44.6 Å². The number of aromatic nitrogens is 2. The summed E-state index contributed by atoms with van der Waals surface area (Å²) in [6.45, 7) is 1.71. The highest BCUT2D eigenvalue weighted by atomic mass is 35.5. The summed E-state index contributed by atoms with van der Waals surface area (Å²) in [6.07, 6.45) is 7.22. The van der Waals surface area contributed by atoms with Crippen molar-refractivity contribution >= 4 is 29.2 Å². The van der Waals surface area contributed by atoms with Gasteiger partial charge in [0, 0.05) is 25.1 Å². The summed E-state index contributed by atoms with van der Waals surface area (Å²) in [5, 5.41) is 11.9. The van der Waals surface area contributed by atoms with Gasteiger partial charge in [-0.2, -0.15) is 0 Å². The molecule has 1 aliphatic heterocycles. The Hall–Kier alpha value is -0.520. The maximum absolute atomic E-state index is 10.7. The number of thioether (sulfide) groups is 1. The number of nitrogens with zero attached hydrogens (tertiary/aromatic N) is 3. The van der Waals surface area contributed by atoms with Crippen LogP contribution in [0.5, 0.6) is 0 Å². The van der Waals surface area contributed by atoms with Gasteiger partial charge in [-0.25, -0.2) is 9.97 Å². The largest absolute Gasteiger partial charge is 0.389 e. The Morgan fingerprint density at radius 3 is 3.05 bits per heavy atom. The fraction of sp³-hybridized carbons (Fsp3) is 0.714. The second kappa shape index (κ2) is 5.70. The number of hydrogen-bond donors (Lipinski definition) is 1. The minimum atomic E-state index is -0.450. The van der Waals surface area contributed by atoms with Crippen molar-refractivity contribution < 1.29 is 5.11 Å². The minimum Gasteiger partial charge on any atom is -0.389 e. The number of aliphatic hydroxyl groups is 1. The van der Waals surface area contributed by atoms with Gasteiger partial charge < -0.3 is 10.0 Å². The third-order valence-electron chi connectivity index (χ3n) is 4.60. The zero-order valence-corrected chi connectivity index (χ0v) is 13.3. The Kier molecular flexibility index (Phi) is 4.11. The van der Waals surface area contributed by atoms with Crippen LogP contribution in [-0.4, -0.2) is 40.0 Å². The molecule has 1 N–H and O–H groups in total. The molecular formula is C14H20ClN3OS. The molecule has 110 valence electrons. The van der Waals surface area contributed by atoms with Gasteiger partial charge in [0.15, 0.2) is 5.16 Å². The fourth-order valence-corrected chi connectivity index (χ4v) is 4.02. The second-order valence-electron chi connectivity index (χ2n) is 5.78. The molecule has 3 rings (SSSR count). The third kappa shape index (κ3) is 2.76. The van der Waals surface area contributed by atoms with Crippen LogP contribution in [0.1, 0.15) is 32.1 Å². The molecule has 0 spiro atoms. The van der Waals surface area contributed by atoms with Crippen molar-refractivity contribution in [1.82, 2.24) is 9.97 Å². The molecule has 2 heterocycles. The standard InChI is InChI=1S/C14H20ClN3OS/c1-20-13-16-11(15)8-12(17-13)18-7-6-14(19)5-3-2-4-10(14)9-18/h8,10,19H,2-7,9H2,1H3. The number of halogens is 1. The van der Waals surface area contributed by atoms with E-state index in [-0.39, 0.29) is 0 Å². The normalized spacial score (nSPS) is 30.1. The molecule has 0 amide bonds. The molecule has 0 aromatic carbocycles. The topological polar surface area (TPSA) is 49.2 Å². The monoisotopic (exact) mass is 313 g/mol. The van der Waals surface area contributed by atoms with Gasteiger partial charge in [-0.3, -0.25) is 0 Å². The van der Waals surface area contributed by atoms with E-state index >= 15 is 0 Å². The summed E-state index contributed by atoms with van der Waals surface area (Å²) < 4.78 is 0. The van der Waals surface area contributed by atoms with Crippen molar-refractivity contribution in [3.8, 4) is 0 Å². The first-order chi connectivity index (χ1) is 9.60. The number of piperidine rings is 1. The van der Waals surface area contributed by atoms with E-state index in [1.807, 2.05) is 12.3 Å². The fourth-order valence-electron chi connectivity index (χ4n) is 3.42. The molecular weight excluding hydrogens is 294 g/mol. The average Bonchev–Trinajstić information content (AvgIpc) is 2.45. The van der Waals surface area contributed by atoms with Crippen LogP contribution >= 0.6 is 23.4 Å². The summed E-state index contributed by atoms with van der Waals surface area (Å²) in [4.78, 5) is 11.0. The first-order valence-corrected chi connectivity index (χ1v) is 8.77. The third-order valence-corrected chi connectivity index (χ3v) is 5.34. The van der Waals surface area contributed by atoms with Crippen molar-refractivity contribution in [2.45, 2.75) is 42.9 Å². The quantitative estimate of drug-likeness (QED) is 0.517. The Morgan fingerprint density at radius 2 is 2.25 bits per heavy atom. The summed E-state index contributed by atoms with van der Waals surface area (Å²) in [5.41, 5.74) is -0.450. The van der Waals surface area contributed by atoms with Gasteiger partial charge in [-0.15, -0.1) is 0 Å². The van der Waals surface area contributed by atoms with E-state index in [9.17, 15) is 5.11 Å². The van der Waals surface area contributed by atoms with Gasteiger partial charge >= 0.3 is 0 Å². The maximum Gasteiger partial charge on any atom is 0.190 e. The molecule has 1 aromatic rings. The van der Waals surface area contributed by atoms with Crippen LogP contribution in [0, 0.1) is 5.92 Å². The van der Waals surface area contributed by atoms with Crippen molar-refractivity contribution in [3.05, 3.63) is 11.2 Å². The Labute approximate surface area is 128 Å². The average molecular weight is 314 g/mol. The van der Waals surface area contributed by atoms with Crippen LogP contribution in [0.15, 0.2) is 11.2 Å². The molecule has 2 aliphatic rings. The predicted octanol–water partition coefficient (Wildman–Crippen LogP) is 2.98. The van der Waals surface area contributed by atoms with E-state index in [2.05, 4.69) is 14.9 Å². The lowest BCUT2D eigenvalue weighted by Gasteiger charge is -2.47. The van der Waals surface area contributed by atoms with Crippen molar-refractivity contribution in [2.24, 2.45) is 5.92 Å². The molecule has 2 unspecified atom stereocenters. The van der Waals surface area contributed by atoms with Crippen LogP contribution in [0.2, 0.25) is 5.15 Å². The smallest absolute Gasteiger partial charge is 0.190 e. The van der Waals surface area contributed by atoms with Gasteiger partial charge in [0.2, 0.25) is 0 Å². The highest BCUT2D eigenvalue weighted by Crippen LogP contribution is 2.40. The molecule has 1 saturated heterocycles. The molecule has 0 radical (unpaired) electrons. The molecule has 1 aromatic heterocycles. The highest BCUT2D eigenvalue weighted by Gasteiger charge is 2.43. The number of rotatable bonds is 2.